The summed E-state index contributed by atoms with van der Waals surface area (Å²) in [6.07, 6.45) is 4.71. The maximum Gasteiger partial charge on any atom is 0.144 e. The van der Waals surface area contributed by atoms with Crippen molar-refractivity contribution in [3.8, 4) is 21.7 Å². The highest BCUT2D eigenvalue weighted by Gasteiger charge is 2.20. The largest absolute Gasteiger partial charge is 0.464 e. The van der Waals surface area contributed by atoms with Crippen LogP contribution in [0.3, 0.4) is 0 Å². The molecule has 0 N–H and O–H groups in total. The standard InChI is InChI=1S/C33H27NO2S/c1-19-23-12-14-34-29(32(23)37-31(19)21-10-8-20(9-11-21)18-33(2,3)4)25-7-5-6-24-26-16-22-13-15-35-27(22)17-28(26)36-30(24)25/h5-17H,18H2,1-4H3. The molecule has 0 unspecified atom stereocenters. The number of fused-ring (bicyclic) bond motifs is 5. The summed E-state index contributed by atoms with van der Waals surface area (Å²) in [5.41, 5.74) is 8.72. The minimum absolute atomic E-state index is 0.275. The highest BCUT2D eigenvalue weighted by molar-refractivity contribution is 7.23. The number of aromatic nitrogens is 1. The Morgan fingerprint density at radius 1 is 0.865 bits per heavy atom. The minimum Gasteiger partial charge on any atom is -0.464 e. The number of thiophene rings is 1. The van der Waals surface area contributed by atoms with E-state index in [0.29, 0.717) is 0 Å². The van der Waals surface area contributed by atoms with E-state index < -0.39 is 0 Å². The first kappa shape index (κ1) is 22.3. The first-order valence-corrected chi connectivity index (χ1v) is 13.5. The first-order chi connectivity index (χ1) is 17.9. The molecule has 0 aliphatic heterocycles. The monoisotopic (exact) mass is 501 g/mol. The van der Waals surface area contributed by atoms with Crippen LogP contribution in [0.2, 0.25) is 0 Å². The van der Waals surface area contributed by atoms with Crippen LogP contribution in [0.5, 0.6) is 0 Å². The van der Waals surface area contributed by atoms with E-state index in [1.165, 1.54) is 31.7 Å². The number of hydrogen-bond acceptors (Lipinski definition) is 4. The summed E-state index contributed by atoms with van der Waals surface area (Å²) in [5.74, 6) is 0. The third-order valence-electron chi connectivity index (χ3n) is 7.13. The van der Waals surface area contributed by atoms with Gasteiger partial charge in [-0.15, -0.1) is 11.3 Å². The lowest BCUT2D eigenvalue weighted by Crippen LogP contribution is -2.08. The molecule has 0 saturated heterocycles. The Bertz CT molecular complexity index is 1940. The maximum absolute atomic E-state index is 6.44. The molecule has 182 valence electrons. The molecular formula is C33H27NO2S. The Morgan fingerprint density at radius 2 is 1.70 bits per heavy atom. The van der Waals surface area contributed by atoms with Crippen molar-refractivity contribution in [3.05, 3.63) is 90.3 Å². The molecule has 0 saturated carbocycles. The van der Waals surface area contributed by atoms with Crippen molar-refractivity contribution >= 4 is 54.3 Å². The molecule has 0 radical (unpaired) electrons. The number of pyridine rings is 1. The lowest BCUT2D eigenvalue weighted by molar-refractivity contribution is 0.411. The summed E-state index contributed by atoms with van der Waals surface area (Å²) in [5, 5.41) is 4.51. The van der Waals surface area contributed by atoms with Gasteiger partial charge in [0.1, 0.15) is 16.7 Å². The maximum atomic E-state index is 6.44. The molecular weight excluding hydrogens is 474 g/mol. The first-order valence-electron chi connectivity index (χ1n) is 12.7. The highest BCUT2D eigenvalue weighted by atomic mass is 32.1. The molecule has 0 bridgehead atoms. The number of para-hydroxylation sites is 1. The fourth-order valence-corrected chi connectivity index (χ4v) is 6.75. The Morgan fingerprint density at radius 3 is 2.51 bits per heavy atom. The SMILES string of the molecule is Cc1c(-c2ccc(CC(C)(C)C)cc2)sc2c(-c3cccc4c3oc3cc5occc5cc34)nccc12. The van der Waals surface area contributed by atoms with Gasteiger partial charge in [0.05, 0.1) is 16.7 Å². The van der Waals surface area contributed by atoms with Crippen LogP contribution in [-0.2, 0) is 6.42 Å². The minimum atomic E-state index is 0.275. The highest BCUT2D eigenvalue weighted by Crippen LogP contribution is 2.44. The Hall–Kier alpha value is -3.89. The summed E-state index contributed by atoms with van der Waals surface area (Å²) >= 11 is 1.82. The third kappa shape index (κ3) is 3.67. The molecule has 0 fully saturated rings. The van der Waals surface area contributed by atoms with Gasteiger partial charge in [0.25, 0.3) is 0 Å². The van der Waals surface area contributed by atoms with Gasteiger partial charge >= 0.3 is 0 Å². The van der Waals surface area contributed by atoms with Gasteiger partial charge in [0, 0.05) is 38.9 Å². The smallest absolute Gasteiger partial charge is 0.144 e. The van der Waals surface area contributed by atoms with E-state index in [0.717, 1.165) is 50.6 Å². The fraction of sp³-hybridized carbons (Fsp3) is 0.182. The summed E-state index contributed by atoms with van der Waals surface area (Å²) < 4.78 is 13.2. The fourth-order valence-electron chi connectivity index (χ4n) is 5.44. The van der Waals surface area contributed by atoms with Crippen LogP contribution in [0, 0.1) is 12.3 Å². The summed E-state index contributed by atoms with van der Waals surface area (Å²) in [6, 6.07) is 23.7. The molecule has 4 aromatic heterocycles. The lowest BCUT2D eigenvalue weighted by Gasteiger charge is -2.18. The number of hydrogen-bond donors (Lipinski definition) is 0. The van der Waals surface area contributed by atoms with Crippen LogP contribution in [-0.4, -0.2) is 4.98 Å². The van der Waals surface area contributed by atoms with Crippen LogP contribution in [0.25, 0.3) is 64.7 Å². The van der Waals surface area contributed by atoms with Crippen LogP contribution >= 0.6 is 11.3 Å². The van der Waals surface area contributed by atoms with E-state index in [1.54, 1.807) is 6.26 Å². The Balaban J connectivity index is 1.39. The molecule has 0 aliphatic carbocycles. The predicted molar refractivity (Wildman–Crippen MR) is 155 cm³/mol. The summed E-state index contributed by atoms with van der Waals surface area (Å²) in [4.78, 5) is 6.17. The number of aryl methyl sites for hydroxylation is 1. The second kappa shape index (κ2) is 8.06. The number of rotatable bonds is 3. The second-order valence-electron chi connectivity index (χ2n) is 11.1. The van der Waals surface area contributed by atoms with Crippen molar-refractivity contribution in [3.63, 3.8) is 0 Å². The molecule has 0 aliphatic rings. The van der Waals surface area contributed by atoms with Crippen molar-refractivity contribution in [2.24, 2.45) is 5.41 Å². The third-order valence-corrected chi connectivity index (χ3v) is 8.49. The molecule has 0 spiro atoms. The normalized spacial score (nSPS) is 12.4. The zero-order chi connectivity index (χ0) is 25.3. The molecule has 7 rings (SSSR count). The van der Waals surface area contributed by atoms with Gasteiger partial charge in [-0.2, -0.15) is 0 Å². The zero-order valence-electron chi connectivity index (χ0n) is 21.4. The molecule has 7 aromatic rings. The van der Waals surface area contributed by atoms with Gasteiger partial charge in [0.15, 0.2) is 0 Å². The van der Waals surface area contributed by atoms with E-state index >= 15 is 0 Å². The van der Waals surface area contributed by atoms with E-state index in [-0.39, 0.29) is 5.41 Å². The average molecular weight is 502 g/mol. The van der Waals surface area contributed by atoms with E-state index in [4.69, 9.17) is 13.8 Å². The predicted octanol–water partition coefficient (Wildman–Crippen LogP) is 10.2. The summed E-state index contributed by atoms with van der Waals surface area (Å²) in [6.45, 7) is 9.07. The number of benzene rings is 3. The van der Waals surface area contributed by atoms with Crippen LogP contribution in [0.15, 0.2) is 88.0 Å². The Labute approximate surface area is 219 Å². The number of furan rings is 2. The average Bonchev–Trinajstić information content (AvgIpc) is 3.57. The molecule has 0 amide bonds. The molecule has 3 aromatic carbocycles. The van der Waals surface area contributed by atoms with Gasteiger partial charge in [-0.25, -0.2) is 0 Å². The van der Waals surface area contributed by atoms with Gasteiger partial charge in [-0.05, 0) is 65.1 Å². The van der Waals surface area contributed by atoms with Crippen molar-refractivity contribution < 1.29 is 8.83 Å². The molecule has 4 heterocycles. The van der Waals surface area contributed by atoms with Crippen LogP contribution in [0.4, 0.5) is 0 Å². The molecule has 3 nitrogen and oxygen atoms in total. The molecule has 37 heavy (non-hydrogen) atoms. The van der Waals surface area contributed by atoms with Gasteiger partial charge < -0.3 is 8.83 Å². The summed E-state index contributed by atoms with van der Waals surface area (Å²) in [7, 11) is 0. The lowest BCUT2D eigenvalue weighted by atomic mass is 9.88. The van der Waals surface area contributed by atoms with Gasteiger partial charge in [-0.1, -0.05) is 57.2 Å². The number of nitrogens with zero attached hydrogens (tertiary/aromatic N) is 1. The van der Waals surface area contributed by atoms with E-state index in [1.807, 2.05) is 29.7 Å². The van der Waals surface area contributed by atoms with E-state index in [2.05, 4.69) is 82.3 Å². The molecule has 4 heteroatoms. The Kier molecular flexibility index (Phi) is 4.86. The van der Waals surface area contributed by atoms with Gasteiger partial charge in [-0.3, -0.25) is 4.98 Å². The quantitative estimate of drug-likeness (QED) is 0.242. The van der Waals surface area contributed by atoms with Crippen molar-refractivity contribution in [2.45, 2.75) is 34.1 Å². The molecule has 0 atom stereocenters. The van der Waals surface area contributed by atoms with Crippen LogP contribution < -0.4 is 0 Å². The van der Waals surface area contributed by atoms with Crippen molar-refractivity contribution in [1.29, 1.82) is 0 Å². The van der Waals surface area contributed by atoms with Crippen LogP contribution in [0.1, 0.15) is 31.9 Å². The van der Waals surface area contributed by atoms with Crippen molar-refractivity contribution in [2.75, 3.05) is 0 Å². The van der Waals surface area contributed by atoms with E-state index in [9.17, 15) is 0 Å². The topological polar surface area (TPSA) is 39.2 Å². The van der Waals surface area contributed by atoms with Gasteiger partial charge in [0.2, 0.25) is 0 Å². The second-order valence-corrected chi connectivity index (χ2v) is 12.1. The van der Waals surface area contributed by atoms with Crippen molar-refractivity contribution in [1.82, 2.24) is 4.98 Å². The zero-order valence-corrected chi connectivity index (χ0v) is 22.2.